The first-order valence-corrected chi connectivity index (χ1v) is 8.23. The van der Waals surface area contributed by atoms with Gasteiger partial charge in [-0.15, -0.1) is 0 Å². The standard InChI is InChI=1S/C17H22BF3O4/c1-15(2)16(3,4)25-18(24-15)14-6-11(12-8-22-10-23-9-12)5-13(7-14)17(19,20)21/h5-7,12H,8-10H2,1-4H3. The molecule has 2 saturated heterocycles. The topological polar surface area (TPSA) is 36.9 Å². The van der Waals surface area contributed by atoms with E-state index in [0.29, 0.717) is 24.2 Å². The largest absolute Gasteiger partial charge is 0.494 e. The Morgan fingerprint density at radius 3 is 2.04 bits per heavy atom. The fourth-order valence-corrected chi connectivity index (χ4v) is 2.87. The maximum atomic E-state index is 13.4. The van der Waals surface area contributed by atoms with Crippen molar-refractivity contribution < 1.29 is 32.0 Å². The molecule has 0 saturated carbocycles. The number of rotatable bonds is 2. The van der Waals surface area contributed by atoms with Gasteiger partial charge in [-0.1, -0.05) is 12.1 Å². The number of hydrogen-bond acceptors (Lipinski definition) is 4. The van der Waals surface area contributed by atoms with Crippen LogP contribution in [0.25, 0.3) is 0 Å². The van der Waals surface area contributed by atoms with Crippen LogP contribution in [0.3, 0.4) is 0 Å². The molecule has 3 rings (SSSR count). The third kappa shape index (κ3) is 3.72. The molecule has 2 aliphatic rings. The molecule has 1 aromatic rings. The summed E-state index contributed by atoms with van der Waals surface area (Å²) in [5.74, 6) is -0.253. The zero-order valence-corrected chi connectivity index (χ0v) is 14.8. The molecule has 138 valence electrons. The summed E-state index contributed by atoms with van der Waals surface area (Å²) in [7, 11) is -0.850. The van der Waals surface area contributed by atoms with Crippen molar-refractivity contribution in [3.63, 3.8) is 0 Å². The van der Waals surface area contributed by atoms with Crippen LogP contribution in [0.1, 0.15) is 44.7 Å². The summed E-state index contributed by atoms with van der Waals surface area (Å²) in [6.45, 7) is 8.27. The van der Waals surface area contributed by atoms with E-state index in [1.54, 1.807) is 6.07 Å². The highest BCUT2D eigenvalue weighted by Gasteiger charge is 2.52. The Morgan fingerprint density at radius 2 is 1.52 bits per heavy atom. The Balaban J connectivity index is 1.98. The summed E-state index contributed by atoms with van der Waals surface area (Å²) in [5, 5.41) is 0. The predicted molar refractivity (Wildman–Crippen MR) is 86.7 cm³/mol. The van der Waals surface area contributed by atoms with E-state index >= 15 is 0 Å². The van der Waals surface area contributed by atoms with Crippen molar-refractivity contribution in [1.82, 2.24) is 0 Å². The molecule has 25 heavy (non-hydrogen) atoms. The molecule has 2 heterocycles. The Hall–Kier alpha value is -1.09. The van der Waals surface area contributed by atoms with Crippen LogP contribution in [-0.4, -0.2) is 38.3 Å². The second kappa shape index (κ2) is 6.26. The van der Waals surface area contributed by atoms with Crippen molar-refractivity contribution in [3.8, 4) is 0 Å². The normalized spacial score (nSPS) is 23.9. The zero-order chi connectivity index (χ0) is 18.5. The van der Waals surface area contributed by atoms with Crippen LogP contribution in [0.2, 0.25) is 0 Å². The molecule has 4 nitrogen and oxygen atoms in total. The molecular formula is C17H22BF3O4. The van der Waals surface area contributed by atoms with Gasteiger partial charge >= 0.3 is 13.3 Å². The lowest BCUT2D eigenvalue weighted by Crippen LogP contribution is -2.41. The van der Waals surface area contributed by atoms with Crippen LogP contribution in [0, 0.1) is 0 Å². The van der Waals surface area contributed by atoms with Gasteiger partial charge in [-0.3, -0.25) is 0 Å². The number of halogens is 3. The minimum absolute atomic E-state index is 0.166. The highest BCUT2D eigenvalue weighted by atomic mass is 19.4. The lowest BCUT2D eigenvalue weighted by atomic mass is 9.76. The molecule has 0 N–H and O–H groups in total. The summed E-state index contributed by atoms with van der Waals surface area (Å²) < 4.78 is 62.4. The second-order valence-corrected chi connectivity index (χ2v) is 7.53. The number of benzene rings is 1. The van der Waals surface area contributed by atoms with Crippen molar-refractivity contribution in [2.24, 2.45) is 0 Å². The van der Waals surface area contributed by atoms with E-state index in [1.165, 1.54) is 0 Å². The van der Waals surface area contributed by atoms with Gasteiger partial charge in [-0.25, -0.2) is 0 Å². The summed E-state index contributed by atoms with van der Waals surface area (Å²) >= 11 is 0. The highest BCUT2D eigenvalue weighted by Crippen LogP contribution is 2.37. The number of alkyl halides is 3. The number of hydrogen-bond donors (Lipinski definition) is 0. The summed E-state index contributed by atoms with van der Waals surface area (Å²) in [6.07, 6.45) is -4.45. The van der Waals surface area contributed by atoms with Gasteiger partial charge in [0.15, 0.2) is 0 Å². The van der Waals surface area contributed by atoms with Gasteiger partial charge in [0.1, 0.15) is 6.79 Å². The Labute approximate surface area is 145 Å². The SMILES string of the molecule is CC1(C)OB(c2cc(C3COCOC3)cc(C(F)(F)F)c2)OC1(C)C. The molecule has 8 heteroatoms. The molecule has 0 radical (unpaired) electrons. The first kappa shape index (κ1) is 18.7. The lowest BCUT2D eigenvalue weighted by Gasteiger charge is -2.32. The molecular weight excluding hydrogens is 336 g/mol. The van der Waals surface area contributed by atoms with E-state index in [0.717, 1.165) is 12.1 Å². The molecule has 0 atom stereocenters. The maximum absolute atomic E-state index is 13.4. The zero-order valence-electron chi connectivity index (χ0n) is 14.8. The molecule has 2 aliphatic heterocycles. The van der Waals surface area contributed by atoms with Crippen molar-refractivity contribution in [2.75, 3.05) is 20.0 Å². The molecule has 0 bridgehead atoms. The minimum atomic E-state index is -4.45. The highest BCUT2D eigenvalue weighted by molar-refractivity contribution is 6.62. The molecule has 0 spiro atoms. The summed E-state index contributed by atoms with van der Waals surface area (Å²) in [5.41, 5.74) is -1.10. The average Bonchev–Trinajstić information content (AvgIpc) is 2.75. The van der Waals surface area contributed by atoms with Crippen LogP contribution in [0.5, 0.6) is 0 Å². The summed E-state index contributed by atoms with van der Waals surface area (Å²) in [6, 6.07) is 3.94. The predicted octanol–water partition coefficient (Wildman–Crippen LogP) is 3.09. The monoisotopic (exact) mass is 358 g/mol. The van der Waals surface area contributed by atoms with Gasteiger partial charge in [-0.2, -0.15) is 13.2 Å². The Kier molecular flexibility index (Phi) is 4.69. The van der Waals surface area contributed by atoms with Crippen molar-refractivity contribution in [2.45, 2.75) is 51.0 Å². The van der Waals surface area contributed by atoms with Crippen LogP contribution in [0.4, 0.5) is 13.2 Å². The van der Waals surface area contributed by atoms with Crippen LogP contribution >= 0.6 is 0 Å². The van der Waals surface area contributed by atoms with Crippen molar-refractivity contribution >= 4 is 12.6 Å². The lowest BCUT2D eigenvalue weighted by molar-refractivity contribution is -0.137. The van der Waals surface area contributed by atoms with Gasteiger partial charge in [0, 0.05) is 5.92 Å². The second-order valence-electron chi connectivity index (χ2n) is 7.53. The first-order valence-electron chi connectivity index (χ1n) is 8.23. The number of ether oxygens (including phenoxy) is 2. The molecule has 0 unspecified atom stereocenters. The molecule has 1 aromatic carbocycles. The molecule has 0 aromatic heterocycles. The van der Waals surface area contributed by atoms with Gasteiger partial charge in [0.25, 0.3) is 0 Å². The minimum Gasteiger partial charge on any atom is -0.399 e. The molecule has 0 amide bonds. The Bertz CT molecular complexity index is 623. The Morgan fingerprint density at radius 1 is 0.960 bits per heavy atom. The maximum Gasteiger partial charge on any atom is 0.494 e. The first-order chi connectivity index (χ1) is 11.5. The van der Waals surface area contributed by atoms with Crippen molar-refractivity contribution in [3.05, 3.63) is 29.3 Å². The van der Waals surface area contributed by atoms with E-state index in [2.05, 4.69) is 0 Å². The van der Waals surface area contributed by atoms with E-state index in [4.69, 9.17) is 18.8 Å². The van der Waals surface area contributed by atoms with Gasteiger partial charge in [0.2, 0.25) is 0 Å². The van der Waals surface area contributed by atoms with Gasteiger partial charge in [-0.05, 0) is 44.8 Å². The average molecular weight is 358 g/mol. The van der Waals surface area contributed by atoms with Gasteiger partial charge in [0.05, 0.1) is 30.0 Å². The van der Waals surface area contributed by atoms with E-state index in [9.17, 15) is 13.2 Å². The molecule has 2 fully saturated rings. The van der Waals surface area contributed by atoms with E-state index < -0.39 is 30.1 Å². The van der Waals surface area contributed by atoms with Crippen LogP contribution in [-0.2, 0) is 25.0 Å². The van der Waals surface area contributed by atoms with Gasteiger partial charge < -0.3 is 18.8 Å². The third-order valence-corrected chi connectivity index (χ3v) is 5.11. The van der Waals surface area contributed by atoms with Crippen LogP contribution in [0.15, 0.2) is 18.2 Å². The van der Waals surface area contributed by atoms with Crippen LogP contribution < -0.4 is 5.46 Å². The quantitative estimate of drug-likeness (QED) is 0.762. The third-order valence-electron chi connectivity index (χ3n) is 5.11. The fourth-order valence-electron chi connectivity index (χ4n) is 2.87. The summed E-state index contributed by atoms with van der Waals surface area (Å²) in [4.78, 5) is 0. The van der Waals surface area contributed by atoms with E-state index in [1.807, 2.05) is 27.7 Å². The van der Waals surface area contributed by atoms with E-state index in [-0.39, 0.29) is 12.7 Å². The van der Waals surface area contributed by atoms with Crippen molar-refractivity contribution in [1.29, 1.82) is 0 Å². The molecule has 0 aliphatic carbocycles. The smallest absolute Gasteiger partial charge is 0.399 e. The fraction of sp³-hybridized carbons (Fsp3) is 0.647.